The minimum atomic E-state index is -4.30. The third kappa shape index (κ3) is 3.41. The highest BCUT2D eigenvalue weighted by atomic mass is 32.2. The van der Waals surface area contributed by atoms with E-state index in [-0.39, 0.29) is 4.90 Å². The van der Waals surface area contributed by atoms with Crippen LogP contribution in [0.5, 0.6) is 0 Å². The largest absolute Gasteiger partial charge is 0.455 e. The van der Waals surface area contributed by atoms with E-state index in [1.807, 2.05) is 25.1 Å². The lowest BCUT2D eigenvalue weighted by Gasteiger charge is -2.37. The molecule has 4 aromatic carbocycles. The molecule has 0 atom stereocenters. The molecule has 7 heteroatoms. The second kappa shape index (κ2) is 7.91. The molecule has 5 aromatic rings. The van der Waals surface area contributed by atoms with Gasteiger partial charge in [0.25, 0.3) is 10.1 Å². The topological polar surface area (TPSA) is 96.3 Å². The summed E-state index contributed by atoms with van der Waals surface area (Å²) in [5.41, 5.74) is 8.36. The Morgan fingerprint density at radius 2 is 1.68 bits per heavy atom. The second-order valence-corrected chi connectivity index (χ2v) is 11.7. The van der Waals surface area contributed by atoms with Crippen molar-refractivity contribution in [2.45, 2.75) is 37.5 Å². The van der Waals surface area contributed by atoms with Crippen molar-refractivity contribution in [2.24, 2.45) is 0 Å². The van der Waals surface area contributed by atoms with Crippen LogP contribution in [0.25, 0.3) is 43.8 Å². The van der Waals surface area contributed by atoms with Crippen LogP contribution < -0.4 is 15.7 Å². The Kier molecular flexibility index (Phi) is 4.81. The fourth-order valence-electron chi connectivity index (χ4n) is 6.37. The van der Waals surface area contributed by atoms with E-state index in [0.29, 0.717) is 5.36 Å². The van der Waals surface area contributed by atoms with Gasteiger partial charge in [-0.1, -0.05) is 12.1 Å². The van der Waals surface area contributed by atoms with Crippen molar-refractivity contribution in [2.75, 3.05) is 18.0 Å². The van der Waals surface area contributed by atoms with Gasteiger partial charge in [-0.2, -0.15) is 8.42 Å². The summed E-state index contributed by atoms with van der Waals surface area (Å²) >= 11 is 0. The molecule has 0 amide bonds. The van der Waals surface area contributed by atoms with Crippen LogP contribution in [0.4, 0.5) is 5.69 Å². The van der Waals surface area contributed by atoms with E-state index in [2.05, 4.69) is 23.1 Å². The van der Waals surface area contributed by atoms with Crippen molar-refractivity contribution >= 4 is 48.5 Å². The maximum absolute atomic E-state index is 11.8. The summed E-state index contributed by atoms with van der Waals surface area (Å²) in [7, 11) is -4.30. The maximum atomic E-state index is 11.8. The normalized spacial score (nSPS) is 15.5. The van der Waals surface area contributed by atoms with Gasteiger partial charge in [-0.05, 0) is 85.0 Å². The molecule has 2 aliphatic heterocycles. The van der Waals surface area contributed by atoms with E-state index < -0.39 is 10.1 Å². The smallest absolute Gasteiger partial charge is 0.294 e. The predicted molar refractivity (Wildman–Crippen MR) is 145 cm³/mol. The van der Waals surface area contributed by atoms with Gasteiger partial charge in [-0.15, -0.1) is 0 Å². The summed E-state index contributed by atoms with van der Waals surface area (Å²) in [6, 6.07) is 17.1. The zero-order valence-corrected chi connectivity index (χ0v) is 21.4. The highest BCUT2D eigenvalue weighted by Gasteiger charge is 2.29. The summed E-state index contributed by atoms with van der Waals surface area (Å²) < 4.78 is 40.2. The lowest BCUT2D eigenvalue weighted by atomic mass is 9.86. The Morgan fingerprint density at radius 3 is 2.46 bits per heavy atom. The molecule has 0 radical (unpaired) electrons. The van der Waals surface area contributed by atoms with Gasteiger partial charge >= 0.3 is 0 Å². The van der Waals surface area contributed by atoms with Crippen LogP contribution in [0.15, 0.2) is 63.9 Å². The van der Waals surface area contributed by atoms with Crippen molar-refractivity contribution < 1.29 is 22.8 Å². The number of aryl methyl sites for hydroxylation is 3. The summed E-state index contributed by atoms with van der Waals surface area (Å²) in [5, 5.41) is 10.8. The number of fused-ring (bicyclic) bond motifs is 5. The Bertz CT molecular complexity index is 1960. The van der Waals surface area contributed by atoms with Crippen molar-refractivity contribution in [3.8, 4) is 11.1 Å². The molecule has 37 heavy (non-hydrogen) atoms. The molecular formula is C30H27N2O4S+. The predicted octanol–water partition coefficient (Wildman–Crippen LogP) is 4.32. The van der Waals surface area contributed by atoms with Crippen LogP contribution in [-0.4, -0.2) is 26.1 Å². The zero-order chi connectivity index (χ0) is 25.5. The molecule has 0 saturated heterocycles. The number of benzene rings is 4. The van der Waals surface area contributed by atoms with Crippen LogP contribution in [0.2, 0.25) is 0 Å². The van der Waals surface area contributed by atoms with Crippen LogP contribution in [0.1, 0.15) is 29.5 Å². The molecule has 6 nitrogen and oxygen atoms in total. The van der Waals surface area contributed by atoms with Gasteiger partial charge in [-0.3, -0.25) is 9.96 Å². The van der Waals surface area contributed by atoms with E-state index in [1.54, 1.807) is 12.1 Å². The highest BCUT2D eigenvalue weighted by molar-refractivity contribution is 7.85. The number of anilines is 1. The molecule has 0 unspecified atom stereocenters. The van der Waals surface area contributed by atoms with Crippen LogP contribution in [-0.2, 0) is 23.0 Å². The third-order valence-electron chi connectivity index (χ3n) is 7.97. The minimum Gasteiger partial charge on any atom is -0.455 e. The van der Waals surface area contributed by atoms with Gasteiger partial charge in [0, 0.05) is 58.2 Å². The first-order chi connectivity index (χ1) is 17.8. The lowest BCUT2D eigenvalue weighted by Crippen LogP contribution is -2.44. The quantitative estimate of drug-likeness (QED) is 0.209. The van der Waals surface area contributed by atoms with Crippen molar-refractivity contribution in [1.82, 2.24) is 0 Å². The molecule has 1 aromatic heterocycles. The van der Waals surface area contributed by atoms with Crippen molar-refractivity contribution in [3.63, 3.8) is 0 Å². The molecular weight excluding hydrogens is 484 g/mol. The van der Waals surface area contributed by atoms with E-state index in [1.165, 1.54) is 22.9 Å². The van der Waals surface area contributed by atoms with Crippen LogP contribution in [0, 0.1) is 6.92 Å². The van der Waals surface area contributed by atoms with E-state index in [9.17, 15) is 13.0 Å². The monoisotopic (exact) mass is 511 g/mol. The Balaban J connectivity index is 1.67. The maximum Gasteiger partial charge on any atom is 0.294 e. The molecule has 186 valence electrons. The minimum absolute atomic E-state index is 0.105. The first kappa shape index (κ1) is 22.5. The second-order valence-electron chi connectivity index (χ2n) is 10.3. The first-order valence-electron chi connectivity index (χ1n) is 12.7. The molecule has 7 rings (SSSR count). The standard InChI is InChI=1S/C30H26N2O4S/c1-17-14-21(37(33,34)35)8-11-22(17)27-24-9-6-18-15-20(31)7-10-23(18)29(24)36-30-25-5-3-13-32-12-2-4-19(28(25)32)16-26(27)30/h6-11,14-16,31H,2-5,12-13H2,1H3,(H,33,34,35)/p+1. The molecule has 0 bridgehead atoms. The number of nitrogens with two attached hydrogens (primary N) is 1. The van der Waals surface area contributed by atoms with Crippen LogP contribution >= 0.6 is 0 Å². The summed E-state index contributed by atoms with van der Waals surface area (Å²) in [6.45, 7) is 4.03. The average molecular weight is 512 g/mol. The average Bonchev–Trinajstić information content (AvgIpc) is 2.87. The molecule has 3 N–H and O–H groups in total. The molecule has 0 spiro atoms. The Labute approximate surface area is 214 Å². The van der Waals surface area contributed by atoms with Gasteiger partial charge in [0.15, 0.2) is 5.36 Å². The van der Waals surface area contributed by atoms with Gasteiger partial charge in [0.2, 0.25) is 0 Å². The first-order valence-corrected chi connectivity index (χ1v) is 14.1. The Morgan fingerprint density at radius 1 is 0.892 bits per heavy atom. The molecule has 3 heterocycles. The van der Waals surface area contributed by atoms with Crippen molar-refractivity contribution in [3.05, 3.63) is 76.6 Å². The van der Waals surface area contributed by atoms with Gasteiger partial charge in [0.1, 0.15) is 11.2 Å². The number of hydrogen-bond acceptors (Lipinski definition) is 4. The van der Waals surface area contributed by atoms with E-state index in [4.69, 9.17) is 9.83 Å². The number of rotatable bonds is 2. The van der Waals surface area contributed by atoms with Gasteiger partial charge < -0.3 is 9.32 Å². The lowest BCUT2D eigenvalue weighted by molar-refractivity contribution is -0.172. The molecule has 0 aliphatic carbocycles. The SMILES string of the molecule is Cc1cc(S(=O)(=O)O)ccc1-c1c2cc3c4c(c2oc2c1ccc1cc(=[NH2+])ccc12)CCCN4CCC3. The van der Waals surface area contributed by atoms with Gasteiger partial charge in [0.05, 0.1) is 4.90 Å². The molecule has 0 saturated carbocycles. The Hall–Kier alpha value is -3.68. The zero-order valence-electron chi connectivity index (χ0n) is 20.5. The van der Waals surface area contributed by atoms with Gasteiger partial charge in [-0.25, -0.2) is 0 Å². The van der Waals surface area contributed by atoms with E-state index >= 15 is 0 Å². The summed E-state index contributed by atoms with van der Waals surface area (Å²) in [4.78, 5) is 2.40. The molecule has 2 aliphatic rings. The summed E-state index contributed by atoms with van der Waals surface area (Å²) in [6.07, 6.45) is 4.21. The number of nitrogens with zero attached hydrogens (tertiary/aromatic N) is 1. The third-order valence-corrected chi connectivity index (χ3v) is 8.82. The fraction of sp³-hybridized carbons (Fsp3) is 0.233. The molecule has 0 fully saturated rings. The van der Waals surface area contributed by atoms with Crippen LogP contribution in [0.3, 0.4) is 0 Å². The highest BCUT2D eigenvalue weighted by Crippen LogP contribution is 2.46. The number of hydrogen-bond donors (Lipinski definition) is 2. The van der Waals surface area contributed by atoms with E-state index in [0.717, 1.165) is 88.2 Å². The summed E-state index contributed by atoms with van der Waals surface area (Å²) in [5.74, 6) is 0. The fourth-order valence-corrected chi connectivity index (χ4v) is 6.94. The van der Waals surface area contributed by atoms with Crippen molar-refractivity contribution in [1.29, 1.82) is 0 Å².